The molecule has 0 radical (unpaired) electrons. The van der Waals surface area contributed by atoms with Crippen LogP contribution in [0.3, 0.4) is 0 Å². The molecule has 0 spiro atoms. The van der Waals surface area contributed by atoms with Crippen LogP contribution in [0.4, 0.5) is 0 Å². The summed E-state index contributed by atoms with van der Waals surface area (Å²) < 4.78 is 10.5. The quantitative estimate of drug-likeness (QED) is 0.736. The largest absolute Gasteiger partial charge is 0.493 e. The van der Waals surface area contributed by atoms with E-state index in [9.17, 15) is 5.26 Å². The molecule has 23 heavy (non-hydrogen) atoms. The van der Waals surface area contributed by atoms with Crippen molar-refractivity contribution in [2.24, 2.45) is 5.92 Å². The first kappa shape index (κ1) is 17.0. The van der Waals surface area contributed by atoms with Gasteiger partial charge in [-0.05, 0) is 36.1 Å². The molecule has 2 aromatic rings. The third-order valence-corrected chi connectivity index (χ3v) is 4.16. The maximum atomic E-state index is 9.45. The Hall–Kier alpha value is -2.32. The summed E-state index contributed by atoms with van der Waals surface area (Å²) in [7, 11) is 3.19. The van der Waals surface area contributed by atoms with Gasteiger partial charge in [0.2, 0.25) is 0 Å². The van der Waals surface area contributed by atoms with E-state index in [1.807, 2.05) is 29.7 Å². The van der Waals surface area contributed by atoms with Crippen LogP contribution in [-0.2, 0) is 6.42 Å². The predicted octanol–water partition coefficient (Wildman–Crippen LogP) is 4.42. The summed E-state index contributed by atoms with van der Waals surface area (Å²) in [5.74, 6) is 1.85. The van der Waals surface area contributed by atoms with Gasteiger partial charge in [-0.25, -0.2) is 4.98 Å². The lowest BCUT2D eigenvalue weighted by Crippen LogP contribution is -1.94. The lowest BCUT2D eigenvalue weighted by atomic mass is 10.1. The highest BCUT2D eigenvalue weighted by Crippen LogP contribution is 2.30. The third-order valence-electron chi connectivity index (χ3n) is 3.24. The molecule has 0 fully saturated rings. The summed E-state index contributed by atoms with van der Waals surface area (Å²) >= 11 is 1.50. The van der Waals surface area contributed by atoms with Crippen molar-refractivity contribution in [3.8, 4) is 17.6 Å². The molecule has 1 aromatic carbocycles. The Balaban J connectivity index is 2.32. The fourth-order valence-corrected chi connectivity index (χ4v) is 2.99. The Bertz CT molecular complexity index is 742. The van der Waals surface area contributed by atoms with E-state index in [-0.39, 0.29) is 0 Å². The lowest BCUT2D eigenvalue weighted by molar-refractivity contribution is 0.355. The van der Waals surface area contributed by atoms with Crippen molar-refractivity contribution >= 4 is 23.0 Å². The molecule has 120 valence electrons. The standard InChI is InChI=1S/C18H20N2O2S/c1-12(2)7-15-11-23-18(20-15)14(10-19)8-13-5-6-16(21-3)17(9-13)22-4/h5-6,8-9,11-12H,7H2,1-4H3/b14-8+. The number of ether oxygens (including phenoxy) is 2. The highest BCUT2D eigenvalue weighted by molar-refractivity contribution is 7.11. The lowest BCUT2D eigenvalue weighted by Gasteiger charge is -2.07. The van der Waals surface area contributed by atoms with E-state index in [0.29, 0.717) is 23.0 Å². The van der Waals surface area contributed by atoms with Crippen molar-refractivity contribution in [3.05, 3.63) is 39.8 Å². The maximum absolute atomic E-state index is 9.45. The average molecular weight is 328 g/mol. The van der Waals surface area contributed by atoms with Gasteiger partial charge in [-0.1, -0.05) is 19.9 Å². The predicted molar refractivity (Wildman–Crippen MR) is 93.7 cm³/mol. The first-order valence-corrected chi connectivity index (χ1v) is 8.24. The Kier molecular flexibility index (Phi) is 5.78. The molecule has 0 saturated carbocycles. The van der Waals surface area contributed by atoms with Crippen molar-refractivity contribution in [1.29, 1.82) is 5.26 Å². The van der Waals surface area contributed by atoms with Gasteiger partial charge in [-0.15, -0.1) is 11.3 Å². The molecular weight excluding hydrogens is 308 g/mol. The third kappa shape index (κ3) is 4.33. The summed E-state index contributed by atoms with van der Waals surface area (Å²) in [6.45, 7) is 4.31. The monoisotopic (exact) mass is 328 g/mol. The van der Waals surface area contributed by atoms with E-state index < -0.39 is 0 Å². The fourth-order valence-electron chi connectivity index (χ4n) is 2.19. The Labute approximate surface area is 141 Å². The molecule has 0 aliphatic carbocycles. The number of hydrogen-bond donors (Lipinski definition) is 0. The first-order valence-electron chi connectivity index (χ1n) is 7.36. The summed E-state index contributed by atoms with van der Waals surface area (Å²) in [6, 6.07) is 7.80. The van der Waals surface area contributed by atoms with Crippen molar-refractivity contribution in [2.45, 2.75) is 20.3 Å². The molecule has 5 heteroatoms. The number of benzene rings is 1. The highest BCUT2D eigenvalue weighted by atomic mass is 32.1. The normalized spacial score (nSPS) is 11.4. The number of aromatic nitrogens is 1. The molecule has 0 N–H and O–H groups in total. The molecule has 0 atom stereocenters. The topological polar surface area (TPSA) is 55.1 Å². The number of hydrogen-bond acceptors (Lipinski definition) is 5. The molecule has 0 unspecified atom stereocenters. The molecule has 0 aliphatic heterocycles. The van der Waals surface area contributed by atoms with Gasteiger partial charge in [0, 0.05) is 5.38 Å². The van der Waals surface area contributed by atoms with Gasteiger partial charge in [0.1, 0.15) is 11.1 Å². The SMILES string of the molecule is COc1ccc(/C=C(\C#N)c2nc(CC(C)C)cs2)cc1OC. The number of nitrogens with zero attached hydrogens (tertiary/aromatic N) is 2. The van der Waals surface area contributed by atoms with Crippen LogP contribution < -0.4 is 9.47 Å². The van der Waals surface area contributed by atoms with Gasteiger partial charge in [-0.3, -0.25) is 0 Å². The minimum Gasteiger partial charge on any atom is -0.493 e. The molecule has 0 amide bonds. The minimum atomic E-state index is 0.547. The maximum Gasteiger partial charge on any atom is 0.161 e. The second-order valence-electron chi connectivity index (χ2n) is 5.53. The molecule has 4 nitrogen and oxygen atoms in total. The molecule has 0 aliphatic rings. The van der Waals surface area contributed by atoms with E-state index >= 15 is 0 Å². The van der Waals surface area contributed by atoms with Crippen LogP contribution in [0.5, 0.6) is 11.5 Å². The van der Waals surface area contributed by atoms with Gasteiger partial charge in [-0.2, -0.15) is 5.26 Å². The Morgan fingerprint density at radius 2 is 2.04 bits per heavy atom. The first-order chi connectivity index (χ1) is 11.1. The zero-order valence-corrected chi connectivity index (χ0v) is 14.6. The number of nitriles is 1. The van der Waals surface area contributed by atoms with Crippen LogP contribution >= 0.6 is 11.3 Å². The minimum absolute atomic E-state index is 0.547. The number of methoxy groups -OCH3 is 2. The van der Waals surface area contributed by atoms with E-state index in [0.717, 1.165) is 22.7 Å². The fraction of sp³-hybridized carbons (Fsp3) is 0.333. The van der Waals surface area contributed by atoms with Crippen LogP contribution in [0.1, 0.15) is 30.1 Å². The number of thiazole rings is 1. The van der Waals surface area contributed by atoms with Crippen molar-refractivity contribution in [2.75, 3.05) is 14.2 Å². The zero-order chi connectivity index (χ0) is 16.8. The van der Waals surface area contributed by atoms with Crippen LogP contribution in [0.15, 0.2) is 23.6 Å². The van der Waals surface area contributed by atoms with Gasteiger partial charge in [0.25, 0.3) is 0 Å². The Morgan fingerprint density at radius 3 is 2.65 bits per heavy atom. The summed E-state index contributed by atoms with van der Waals surface area (Å²) in [5.41, 5.74) is 2.46. The zero-order valence-electron chi connectivity index (χ0n) is 13.8. The van der Waals surface area contributed by atoms with Crippen LogP contribution in [0.2, 0.25) is 0 Å². The van der Waals surface area contributed by atoms with Crippen LogP contribution in [0.25, 0.3) is 11.6 Å². The van der Waals surface area contributed by atoms with Gasteiger partial charge in [0.15, 0.2) is 11.5 Å². The molecule has 1 heterocycles. The van der Waals surface area contributed by atoms with E-state index in [4.69, 9.17) is 9.47 Å². The molecule has 2 rings (SSSR count). The number of rotatable bonds is 6. The van der Waals surface area contributed by atoms with Crippen LogP contribution in [0, 0.1) is 17.2 Å². The summed E-state index contributed by atoms with van der Waals surface area (Å²) in [6.07, 6.45) is 2.74. The van der Waals surface area contributed by atoms with Crippen LogP contribution in [-0.4, -0.2) is 19.2 Å². The van der Waals surface area contributed by atoms with Crippen molar-refractivity contribution < 1.29 is 9.47 Å². The van der Waals surface area contributed by atoms with Gasteiger partial charge >= 0.3 is 0 Å². The van der Waals surface area contributed by atoms with E-state index in [2.05, 4.69) is 24.9 Å². The average Bonchev–Trinajstić information content (AvgIpc) is 2.99. The second-order valence-corrected chi connectivity index (χ2v) is 6.38. The van der Waals surface area contributed by atoms with Gasteiger partial charge < -0.3 is 9.47 Å². The summed E-state index contributed by atoms with van der Waals surface area (Å²) in [5, 5.41) is 12.2. The second kappa shape index (κ2) is 7.80. The molecule has 0 bridgehead atoms. The highest BCUT2D eigenvalue weighted by Gasteiger charge is 2.10. The van der Waals surface area contributed by atoms with Crippen molar-refractivity contribution in [3.63, 3.8) is 0 Å². The summed E-state index contributed by atoms with van der Waals surface area (Å²) in [4.78, 5) is 4.57. The van der Waals surface area contributed by atoms with E-state index in [1.54, 1.807) is 14.2 Å². The molecular formula is C18H20N2O2S. The van der Waals surface area contributed by atoms with Gasteiger partial charge in [0.05, 0.1) is 25.5 Å². The smallest absolute Gasteiger partial charge is 0.161 e. The molecule has 0 saturated heterocycles. The van der Waals surface area contributed by atoms with Crippen molar-refractivity contribution in [1.82, 2.24) is 4.98 Å². The Morgan fingerprint density at radius 1 is 1.30 bits per heavy atom. The number of allylic oxidation sites excluding steroid dienone is 1. The molecule has 1 aromatic heterocycles. The van der Waals surface area contributed by atoms with E-state index in [1.165, 1.54) is 11.3 Å².